The standard InChI is InChI=1S/C21H31N3O4S/c1-5-6-7-8-14-24(16-20(25)22-19-13-15-28-23-19)29(26,27)18-11-9-17(10-12-18)21(2,3)4/h9-13,15H,5-8,14,16H2,1-4H3,(H,22,23,25). The Balaban J connectivity index is 2.19. The number of nitrogens with zero attached hydrogens (tertiary/aromatic N) is 2. The molecule has 1 aromatic heterocycles. The van der Waals surface area contributed by atoms with Gasteiger partial charge < -0.3 is 9.84 Å². The summed E-state index contributed by atoms with van der Waals surface area (Å²) in [6, 6.07) is 8.40. The van der Waals surface area contributed by atoms with Crippen LogP contribution in [0.15, 0.2) is 46.0 Å². The van der Waals surface area contributed by atoms with Gasteiger partial charge in [0.15, 0.2) is 5.82 Å². The maximum absolute atomic E-state index is 13.2. The second-order valence-electron chi connectivity index (χ2n) is 8.11. The summed E-state index contributed by atoms with van der Waals surface area (Å²) in [6.45, 7) is 8.33. The molecule has 1 N–H and O–H groups in total. The molecular weight excluding hydrogens is 390 g/mol. The summed E-state index contributed by atoms with van der Waals surface area (Å²) in [4.78, 5) is 12.6. The Morgan fingerprint density at radius 2 is 1.79 bits per heavy atom. The Morgan fingerprint density at radius 3 is 2.34 bits per heavy atom. The summed E-state index contributed by atoms with van der Waals surface area (Å²) in [5, 5.41) is 6.18. The van der Waals surface area contributed by atoms with Crippen molar-refractivity contribution in [2.24, 2.45) is 0 Å². The molecular formula is C21H31N3O4S. The molecule has 0 aliphatic heterocycles. The number of sulfonamides is 1. The number of aromatic nitrogens is 1. The van der Waals surface area contributed by atoms with Crippen LogP contribution in [0.3, 0.4) is 0 Å². The molecule has 1 heterocycles. The van der Waals surface area contributed by atoms with Crippen LogP contribution in [0, 0.1) is 0 Å². The quantitative estimate of drug-likeness (QED) is 0.581. The fourth-order valence-corrected chi connectivity index (χ4v) is 4.33. The lowest BCUT2D eigenvalue weighted by Crippen LogP contribution is -2.38. The van der Waals surface area contributed by atoms with Crippen molar-refractivity contribution in [1.82, 2.24) is 9.46 Å². The fraction of sp³-hybridized carbons (Fsp3) is 0.524. The van der Waals surface area contributed by atoms with E-state index in [-0.39, 0.29) is 29.2 Å². The van der Waals surface area contributed by atoms with Gasteiger partial charge >= 0.3 is 0 Å². The predicted molar refractivity (Wildman–Crippen MR) is 113 cm³/mol. The second-order valence-corrected chi connectivity index (χ2v) is 10.0. The van der Waals surface area contributed by atoms with Crippen molar-refractivity contribution >= 4 is 21.7 Å². The highest BCUT2D eigenvalue weighted by atomic mass is 32.2. The van der Waals surface area contributed by atoms with E-state index in [9.17, 15) is 13.2 Å². The van der Waals surface area contributed by atoms with Gasteiger partial charge in [0.1, 0.15) is 6.26 Å². The molecule has 0 saturated heterocycles. The van der Waals surface area contributed by atoms with Crippen molar-refractivity contribution in [3.63, 3.8) is 0 Å². The molecule has 2 rings (SSSR count). The highest BCUT2D eigenvalue weighted by Gasteiger charge is 2.27. The average molecular weight is 422 g/mol. The monoisotopic (exact) mass is 421 g/mol. The van der Waals surface area contributed by atoms with Crippen LogP contribution in [-0.4, -0.2) is 36.9 Å². The van der Waals surface area contributed by atoms with E-state index in [1.807, 2.05) is 12.1 Å². The third-order valence-corrected chi connectivity index (χ3v) is 6.50. The molecule has 0 saturated carbocycles. The highest BCUT2D eigenvalue weighted by molar-refractivity contribution is 7.89. The van der Waals surface area contributed by atoms with E-state index < -0.39 is 15.9 Å². The van der Waals surface area contributed by atoms with Gasteiger partial charge in [0.25, 0.3) is 0 Å². The zero-order valence-electron chi connectivity index (χ0n) is 17.6. The third kappa shape index (κ3) is 6.68. The van der Waals surface area contributed by atoms with E-state index in [1.165, 1.54) is 16.6 Å². The van der Waals surface area contributed by atoms with Crippen LogP contribution in [0.5, 0.6) is 0 Å². The number of carbonyl (C=O) groups is 1. The van der Waals surface area contributed by atoms with E-state index >= 15 is 0 Å². The number of carbonyl (C=O) groups excluding carboxylic acids is 1. The summed E-state index contributed by atoms with van der Waals surface area (Å²) < 4.78 is 32.3. The smallest absolute Gasteiger partial charge is 0.243 e. The molecule has 0 aliphatic carbocycles. The van der Waals surface area contributed by atoms with Gasteiger partial charge in [-0.3, -0.25) is 4.79 Å². The van der Waals surface area contributed by atoms with E-state index in [1.54, 1.807) is 12.1 Å². The summed E-state index contributed by atoms with van der Waals surface area (Å²) in [6.07, 6.45) is 5.03. The number of amides is 1. The lowest BCUT2D eigenvalue weighted by molar-refractivity contribution is -0.116. The summed E-state index contributed by atoms with van der Waals surface area (Å²) in [5.74, 6) is -0.197. The van der Waals surface area contributed by atoms with Gasteiger partial charge in [-0.1, -0.05) is 64.2 Å². The fourth-order valence-electron chi connectivity index (χ4n) is 2.89. The molecule has 0 atom stereocenters. The first-order valence-corrected chi connectivity index (χ1v) is 11.4. The molecule has 0 bridgehead atoms. The molecule has 1 amide bonds. The third-order valence-electron chi connectivity index (χ3n) is 4.64. The molecule has 2 aromatic rings. The van der Waals surface area contributed by atoms with Crippen LogP contribution in [0.4, 0.5) is 5.82 Å². The van der Waals surface area contributed by atoms with Gasteiger partial charge in [0.05, 0.1) is 11.4 Å². The van der Waals surface area contributed by atoms with Crippen LogP contribution in [-0.2, 0) is 20.2 Å². The maximum Gasteiger partial charge on any atom is 0.243 e. The number of nitrogens with one attached hydrogen (secondary N) is 1. The zero-order chi connectivity index (χ0) is 21.5. The van der Waals surface area contributed by atoms with Crippen molar-refractivity contribution in [3.8, 4) is 0 Å². The second kappa shape index (κ2) is 10.0. The summed E-state index contributed by atoms with van der Waals surface area (Å²) in [5.41, 5.74) is 0.981. The summed E-state index contributed by atoms with van der Waals surface area (Å²) >= 11 is 0. The minimum Gasteiger partial charge on any atom is -0.363 e. The first-order chi connectivity index (χ1) is 13.6. The van der Waals surface area contributed by atoms with E-state index in [0.717, 1.165) is 24.8 Å². The lowest BCUT2D eigenvalue weighted by atomic mass is 9.87. The van der Waals surface area contributed by atoms with Crippen molar-refractivity contribution in [1.29, 1.82) is 0 Å². The van der Waals surface area contributed by atoms with Crippen molar-refractivity contribution in [3.05, 3.63) is 42.2 Å². The van der Waals surface area contributed by atoms with E-state index in [2.05, 4.69) is 38.2 Å². The minimum atomic E-state index is -3.80. The van der Waals surface area contributed by atoms with Crippen LogP contribution in [0.2, 0.25) is 0 Å². The number of anilines is 1. The highest BCUT2D eigenvalue weighted by Crippen LogP contribution is 2.25. The molecule has 0 spiro atoms. The number of unbranched alkanes of at least 4 members (excludes halogenated alkanes) is 3. The molecule has 1 aromatic carbocycles. The number of benzene rings is 1. The number of hydrogen-bond donors (Lipinski definition) is 1. The van der Waals surface area contributed by atoms with Gasteiger partial charge in [-0.25, -0.2) is 8.42 Å². The van der Waals surface area contributed by atoms with Crippen LogP contribution in [0.1, 0.15) is 58.9 Å². The Morgan fingerprint density at radius 1 is 1.10 bits per heavy atom. The first-order valence-electron chi connectivity index (χ1n) is 9.95. The molecule has 0 aliphatic rings. The van der Waals surface area contributed by atoms with Gasteiger partial charge in [0, 0.05) is 12.6 Å². The predicted octanol–water partition coefficient (Wildman–Crippen LogP) is 4.18. The molecule has 29 heavy (non-hydrogen) atoms. The van der Waals surface area contributed by atoms with Gasteiger partial charge in [-0.15, -0.1) is 0 Å². The number of hydrogen-bond acceptors (Lipinski definition) is 5. The molecule has 0 fully saturated rings. The van der Waals surface area contributed by atoms with Crippen LogP contribution >= 0.6 is 0 Å². The van der Waals surface area contributed by atoms with Crippen molar-refractivity contribution in [2.75, 3.05) is 18.4 Å². The van der Waals surface area contributed by atoms with Crippen LogP contribution in [0.25, 0.3) is 0 Å². The van der Waals surface area contributed by atoms with Gasteiger partial charge in [-0.05, 0) is 29.5 Å². The molecule has 0 radical (unpaired) electrons. The molecule has 7 nitrogen and oxygen atoms in total. The topological polar surface area (TPSA) is 92.5 Å². The number of rotatable bonds is 10. The zero-order valence-corrected chi connectivity index (χ0v) is 18.5. The average Bonchev–Trinajstić information content (AvgIpc) is 3.16. The van der Waals surface area contributed by atoms with Gasteiger partial charge in [0.2, 0.25) is 15.9 Å². The lowest BCUT2D eigenvalue weighted by Gasteiger charge is -2.23. The Labute approximate surface area is 173 Å². The Hall–Kier alpha value is -2.19. The maximum atomic E-state index is 13.2. The molecule has 8 heteroatoms. The minimum absolute atomic E-state index is 0.0698. The Kier molecular flexibility index (Phi) is 7.98. The SMILES string of the molecule is CCCCCCN(CC(=O)Nc1ccon1)S(=O)(=O)c1ccc(C(C)(C)C)cc1. The Bertz CT molecular complexity index is 870. The molecule has 0 unspecified atom stereocenters. The van der Waals surface area contributed by atoms with Crippen molar-refractivity contribution in [2.45, 2.75) is 63.7 Å². The van der Waals surface area contributed by atoms with E-state index in [0.29, 0.717) is 6.42 Å². The summed E-state index contributed by atoms with van der Waals surface area (Å²) in [7, 11) is -3.80. The first kappa shape index (κ1) is 23.1. The normalized spacial score (nSPS) is 12.3. The largest absolute Gasteiger partial charge is 0.363 e. The van der Waals surface area contributed by atoms with E-state index in [4.69, 9.17) is 4.52 Å². The molecule has 160 valence electrons. The van der Waals surface area contributed by atoms with Crippen molar-refractivity contribution < 1.29 is 17.7 Å². The van der Waals surface area contributed by atoms with Gasteiger partial charge in [-0.2, -0.15) is 4.31 Å². The van der Waals surface area contributed by atoms with Crippen LogP contribution < -0.4 is 5.32 Å².